The summed E-state index contributed by atoms with van der Waals surface area (Å²) in [6.45, 7) is 1.05. The maximum Gasteiger partial charge on any atom is 0.324 e. The van der Waals surface area contributed by atoms with Crippen molar-refractivity contribution in [3.05, 3.63) is 136 Å². The topological polar surface area (TPSA) is 126 Å². The molecule has 52 heavy (non-hydrogen) atoms. The number of amides is 1. The van der Waals surface area contributed by atoms with Crippen LogP contribution in [0.2, 0.25) is 5.02 Å². The molecule has 3 atom stereocenters. The van der Waals surface area contributed by atoms with Crippen LogP contribution in [0.1, 0.15) is 42.0 Å². The standard InChI is InChI=1S/C41H38ClNO9/c1-3-50-36(45)35-40(38(47)51-25-28-15-9-5-10-16-28,39(48)52-26-29-17-11-6-12-18-29)23-30(21-34(44)49-2)41(35)32-22-31(42)19-20-33(32)43(37(41)46)24-27-13-7-4-8-14-27/h4-20,22,30,35H,3,21,23-26H2,1-2H3/t30-,35+,41-/m0/s1. The smallest absolute Gasteiger partial charge is 0.324 e. The molecule has 0 bridgehead atoms. The first kappa shape index (κ1) is 36.3. The second-order valence-electron chi connectivity index (χ2n) is 12.9. The van der Waals surface area contributed by atoms with Crippen LogP contribution >= 0.6 is 11.6 Å². The Morgan fingerprint density at radius 2 is 1.31 bits per heavy atom. The van der Waals surface area contributed by atoms with Gasteiger partial charge in [0.05, 0.1) is 25.7 Å². The molecule has 1 aliphatic carbocycles. The molecule has 0 saturated heterocycles. The van der Waals surface area contributed by atoms with Crippen LogP contribution < -0.4 is 4.90 Å². The molecule has 4 aromatic carbocycles. The molecule has 0 N–H and O–H groups in total. The van der Waals surface area contributed by atoms with Gasteiger partial charge in [0.1, 0.15) is 19.1 Å². The number of carbonyl (C=O) groups is 5. The zero-order valence-electron chi connectivity index (χ0n) is 28.8. The van der Waals surface area contributed by atoms with Crippen LogP contribution in [0.4, 0.5) is 5.69 Å². The van der Waals surface area contributed by atoms with Gasteiger partial charge >= 0.3 is 23.9 Å². The van der Waals surface area contributed by atoms with E-state index in [0.29, 0.717) is 16.8 Å². The van der Waals surface area contributed by atoms with Gasteiger partial charge in [0.25, 0.3) is 0 Å². The molecule has 1 fully saturated rings. The van der Waals surface area contributed by atoms with E-state index in [1.54, 1.807) is 85.8 Å². The van der Waals surface area contributed by atoms with Gasteiger partial charge in [-0.15, -0.1) is 0 Å². The third kappa shape index (κ3) is 6.54. The van der Waals surface area contributed by atoms with Crippen molar-refractivity contribution < 1.29 is 42.9 Å². The fraction of sp³-hybridized carbons (Fsp3) is 0.293. The highest BCUT2D eigenvalue weighted by molar-refractivity contribution is 6.31. The number of carbonyl (C=O) groups excluding carboxylic acids is 5. The first-order valence-electron chi connectivity index (χ1n) is 17.0. The van der Waals surface area contributed by atoms with Gasteiger partial charge in [-0.1, -0.05) is 103 Å². The lowest BCUT2D eigenvalue weighted by Gasteiger charge is -2.37. The summed E-state index contributed by atoms with van der Waals surface area (Å²) in [6.07, 6.45) is -0.896. The van der Waals surface area contributed by atoms with Crippen LogP contribution in [-0.2, 0) is 68.1 Å². The first-order valence-corrected chi connectivity index (χ1v) is 17.4. The zero-order chi connectivity index (χ0) is 36.9. The fourth-order valence-electron chi connectivity index (χ4n) is 7.73. The van der Waals surface area contributed by atoms with E-state index in [1.165, 1.54) is 12.0 Å². The van der Waals surface area contributed by atoms with Crippen molar-refractivity contribution in [2.45, 2.75) is 44.9 Å². The molecule has 2 aliphatic rings. The second kappa shape index (κ2) is 15.4. The van der Waals surface area contributed by atoms with Gasteiger partial charge in [-0.3, -0.25) is 24.0 Å². The van der Waals surface area contributed by atoms with Gasteiger partial charge in [-0.25, -0.2) is 0 Å². The summed E-state index contributed by atoms with van der Waals surface area (Å²) in [7, 11) is 1.20. The van der Waals surface area contributed by atoms with Gasteiger partial charge < -0.3 is 23.8 Å². The number of esters is 4. The Morgan fingerprint density at radius 3 is 1.83 bits per heavy atom. The van der Waals surface area contributed by atoms with E-state index in [2.05, 4.69) is 0 Å². The van der Waals surface area contributed by atoms with E-state index >= 15 is 4.79 Å². The maximum atomic E-state index is 15.4. The number of nitrogens with zero attached hydrogens (tertiary/aromatic N) is 1. The van der Waals surface area contributed by atoms with Crippen LogP contribution in [0, 0.1) is 17.3 Å². The Morgan fingerprint density at radius 1 is 0.769 bits per heavy atom. The molecule has 10 nitrogen and oxygen atoms in total. The molecule has 268 valence electrons. The normalized spacial score (nSPS) is 19.9. The van der Waals surface area contributed by atoms with Crippen molar-refractivity contribution in [2.75, 3.05) is 18.6 Å². The summed E-state index contributed by atoms with van der Waals surface area (Å²) in [5.41, 5.74) is -1.73. The van der Waals surface area contributed by atoms with E-state index in [1.807, 2.05) is 30.3 Å². The number of methoxy groups -OCH3 is 1. The van der Waals surface area contributed by atoms with Gasteiger partial charge in [-0.05, 0) is 59.7 Å². The van der Waals surface area contributed by atoms with Gasteiger partial charge in [0.15, 0.2) is 5.41 Å². The lowest BCUT2D eigenvalue weighted by Crippen LogP contribution is -2.56. The Kier molecular flexibility index (Phi) is 10.8. The van der Waals surface area contributed by atoms with Crippen molar-refractivity contribution >= 4 is 47.1 Å². The monoisotopic (exact) mass is 723 g/mol. The fourth-order valence-corrected chi connectivity index (χ4v) is 7.90. The summed E-state index contributed by atoms with van der Waals surface area (Å²) in [4.78, 5) is 74.4. The minimum Gasteiger partial charge on any atom is -0.469 e. The maximum absolute atomic E-state index is 15.4. The summed E-state index contributed by atoms with van der Waals surface area (Å²) in [5, 5.41) is 0.239. The van der Waals surface area contributed by atoms with Crippen LogP contribution in [0.5, 0.6) is 0 Å². The van der Waals surface area contributed by atoms with E-state index < -0.39 is 65.3 Å². The van der Waals surface area contributed by atoms with Crippen molar-refractivity contribution in [1.82, 2.24) is 0 Å². The predicted octanol–water partition coefficient (Wildman–Crippen LogP) is 6.36. The molecule has 1 saturated carbocycles. The van der Waals surface area contributed by atoms with Crippen molar-refractivity contribution in [1.29, 1.82) is 0 Å². The highest BCUT2D eigenvalue weighted by Crippen LogP contribution is 2.66. The summed E-state index contributed by atoms with van der Waals surface area (Å²) >= 11 is 6.62. The lowest BCUT2D eigenvalue weighted by molar-refractivity contribution is -0.185. The van der Waals surface area contributed by atoms with Crippen molar-refractivity contribution in [2.24, 2.45) is 17.3 Å². The summed E-state index contributed by atoms with van der Waals surface area (Å²) < 4.78 is 22.5. The van der Waals surface area contributed by atoms with E-state index in [4.69, 9.17) is 30.5 Å². The molecule has 1 spiro atoms. The number of hydrogen-bond donors (Lipinski definition) is 0. The number of benzene rings is 4. The molecule has 0 radical (unpaired) electrons. The third-order valence-corrected chi connectivity index (χ3v) is 10.2. The second-order valence-corrected chi connectivity index (χ2v) is 13.3. The highest BCUT2D eigenvalue weighted by Gasteiger charge is 2.78. The summed E-state index contributed by atoms with van der Waals surface area (Å²) in [5.74, 6) is -7.46. The highest BCUT2D eigenvalue weighted by atomic mass is 35.5. The van der Waals surface area contributed by atoms with E-state index in [-0.39, 0.29) is 37.0 Å². The molecule has 0 unspecified atom stereocenters. The van der Waals surface area contributed by atoms with Crippen LogP contribution in [-0.4, -0.2) is 43.5 Å². The van der Waals surface area contributed by atoms with Crippen LogP contribution in [0.3, 0.4) is 0 Å². The molecular formula is C41H38ClNO9. The third-order valence-electron chi connectivity index (χ3n) is 9.96. The first-order chi connectivity index (χ1) is 25.2. The number of fused-ring (bicyclic) bond motifs is 2. The van der Waals surface area contributed by atoms with E-state index in [0.717, 1.165) is 5.56 Å². The van der Waals surface area contributed by atoms with Crippen molar-refractivity contribution in [3.8, 4) is 0 Å². The Labute approximate surface area is 306 Å². The number of hydrogen-bond acceptors (Lipinski definition) is 9. The minimum absolute atomic E-state index is 0.0838. The quantitative estimate of drug-likeness (QED) is 0.0933. The number of anilines is 1. The average molecular weight is 724 g/mol. The molecule has 11 heteroatoms. The molecule has 0 aromatic heterocycles. The number of rotatable bonds is 12. The molecular weight excluding hydrogens is 686 g/mol. The molecule has 4 aromatic rings. The SMILES string of the molecule is CCOC(=O)[C@@H]1C(C(=O)OCc2ccccc2)(C(=O)OCc2ccccc2)C[C@H](CC(=O)OC)[C@@]12C(=O)N(Cc1ccccc1)c1ccc(Cl)cc12. The zero-order valence-corrected chi connectivity index (χ0v) is 29.5. The molecule has 1 aliphatic heterocycles. The molecule has 1 heterocycles. The molecule has 1 amide bonds. The van der Waals surface area contributed by atoms with Crippen molar-refractivity contribution in [3.63, 3.8) is 0 Å². The average Bonchev–Trinajstić information content (AvgIpc) is 3.60. The number of ether oxygens (including phenoxy) is 4. The predicted molar refractivity (Wildman–Crippen MR) is 191 cm³/mol. The largest absolute Gasteiger partial charge is 0.469 e. The minimum atomic E-state index is -2.44. The van der Waals surface area contributed by atoms with Gasteiger partial charge in [-0.2, -0.15) is 0 Å². The van der Waals surface area contributed by atoms with E-state index in [9.17, 15) is 19.2 Å². The van der Waals surface area contributed by atoms with Gasteiger partial charge in [0, 0.05) is 17.1 Å². The van der Waals surface area contributed by atoms with Gasteiger partial charge in [0.2, 0.25) is 5.91 Å². The number of halogens is 1. The Hall–Kier alpha value is -5.48. The summed E-state index contributed by atoms with van der Waals surface area (Å²) in [6, 6.07) is 31.7. The Bertz CT molecular complexity index is 1900. The lowest BCUT2D eigenvalue weighted by atomic mass is 9.63. The Balaban J connectivity index is 1.58. The van der Waals surface area contributed by atoms with Crippen LogP contribution in [0.25, 0.3) is 0 Å². The molecule has 6 rings (SSSR count). The van der Waals surface area contributed by atoms with Crippen LogP contribution in [0.15, 0.2) is 109 Å².